The number of hydrogen-bond donors (Lipinski definition) is 1. The lowest BCUT2D eigenvalue weighted by atomic mass is 9.92. The zero-order valence-corrected chi connectivity index (χ0v) is 10.1. The molecule has 0 amide bonds. The molecule has 5 heteroatoms. The van der Waals surface area contributed by atoms with Gasteiger partial charge in [-0.05, 0) is 31.9 Å². The molecule has 0 radical (unpaired) electrons. The van der Waals surface area contributed by atoms with Crippen LogP contribution < -0.4 is 5.32 Å². The fourth-order valence-corrected chi connectivity index (χ4v) is 2.13. The fraction of sp³-hybridized carbons (Fsp3) is 0.636. The first kappa shape index (κ1) is 11.6. The van der Waals surface area contributed by atoms with E-state index >= 15 is 0 Å². The van der Waals surface area contributed by atoms with E-state index in [9.17, 15) is 0 Å². The number of alkyl halides is 1. The standard InChI is InChI=1S/C11H16ClN3O/c1-9-2-3-10(15-14-9)13-11(8-12)4-6-16-7-5-11/h2-3H,4-8H2,1H3,(H,13,15). The maximum atomic E-state index is 6.05. The minimum atomic E-state index is -0.0935. The van der Waals surface area contributed by atoms with E-state index in [0.717, 1.165) is 37.6 Å². The van der Waals surface area contributed by atoms with E-state index in [1.807, 2.05) is 19.1 Å². The molecular weight excluding hydrogens is 226 g/mol. The lowest BCUT2D eigenvalue weighted by Crippen LogP contribution is -2.45. The van der Waals surface area contributed by atoms with Gasteiger partial charge < -0.3 is 10.1 Å². The van der Waals surface area contributed by atoms with Crippen LogP contribution in [0, 0.1) is 6.92 Å². The first-order chi connectivity index (χ1) is 7.74. The highest BCUT2D eigenvalue weighted by molar-refractivity contribution is 6.18. The molecule has 0 bridgehead atoms. The Hall–Kier alpha value is -0.870. The summed E-state index contributed by atoms with van der Waals surface area (Å²) in [6.45, 7) is 3.42. The van der Waals surface area contributed by atoms with Crippen molar-refractivity contribution in [3.8, 4) is 0 Å². The number of ether oxygens (including phenoxy) is 1. The third-order valence-corrected chi connectivity index (χ3v) is 3.41. The third-order valence-electron chi connectivity index (χ3n) is 2.90. The van der Waals surface area contributed by atoms with Crippen molar-refractivity contribution in [2.45, 2.75) is 25.3 Å². The molecule has 2 rings (SSSR count). The molecule has 16 heavy (non-hydrogen) atoms. The van der Waals surface area contributed by atoms with Crippen LogP contribution >= 0.6 is 11.6 Å². The Kier molecular flexibility index (Phi) is 3.61. The molecule has 88 valence electrons. The SMILES string of the molecule is Cc1ccc(NC2(CCl)CCOCC2)nn1. The summed E-state index contributed by atoms with van der Waals surface area (Å²) in [4.78, 5) is 0. The molecule has 1 aliphatic rings. The van der Waals surface area contributed by atoms with Crippen LogP contribution in [0.4, 0.5) is 5.82 Å². The van der Waals surface area contributed by atoms with Crippen molar-refractivity contribution >= 4 is 17.4 Å². The van der Waals surface area contributed by atoms with E-state index in [4.69, 9.17) is 16.3 Å². The number of nitrogens with one attached hydrogen (secondary N) is 1. The first-order valence-electron chi connectivity index (χ1n) is 5.46. The summed E-state index contributed by atoms with van der Waals surface area (Å²) in [7, 11) is 0. The van der Waals surface area contributed by atoms with Gasteiger partial charge in [0.2, 0.25) is 0 Å². The molecule has 1 N–H and O–H groups in total. The highest BCUT2D eigenvalue weighted by atomic mass is 35.5. The Morgan fingerprint density at radius 3 is 2.69 bits per heavy atom. The summed E-state index contributed by atoms with van der Waals surface area (Å²) in [5, 5.41) is 11.5. The molecule has 2 heterocycles. The van der Waals surface area contributed by atoms with Crippen LogP contribution in [-0.4, -0.2) is 34.8 Å². The fourth-order valence-electron chi connectivity index (χ4n) is 1.79. The molecule has 1 saturated heterocycles. The average Bonchev–Trinajstić information content (AvgIpc) is 2.33. The molecule has 0 aliphatic carbocycles. The van der Waals surface area contributed by atoms with E-state index < -0.39 is 0 Å². The van der Waals surface area contributed by atoms with Gasteiger partial charge in [-0.3, -0.25) is 0 Å². The number of anilines is 1. The smallest absolute Gasteiger partial charge is 0.149 e. The number of aromatic nitrogens is 2. The predicted octanol–water partition coefficient (Wildman–Crippen LogP) is 1.98. The Bertz CT molecular complexity index is 336. The van der Waals surface area contributed by atoms with E-state index in [-0.39, 0.29) is 5.54 Å². The number of rotatable bonds is 3. The normalized spacial score (nSPS) is 19.4. The minimum Gasteiger partial charge on any atom is -0.381 e. The summed E-state index contributed by atoms with van der Waals surface area (Å²) in [5.41, 5.74) is 0.821. The van der Waals surface area contributed by atoms with Gasteiger partial charge in [0.05, 0.1) is 11.2 Å². The van der Waals surface area contributed by atoms with Gasteiger partial charge in [0.25, 0.3) is 0 Å². The van der Waals surface area contributed by atoms with Crippen LogP contribution in [0.5, 0.6) is 0 Å². The van der Waals surface area contributed by atoms with Crippen LogP contribution in [0.15, 0.2) is 12.1 Å². The van der Waals surface area contributed by atoms with Gasteiger partial charge in [0, 0.05) is 19.1 Å². The summed E-state index contributed by atoms with van der Waals surface area (Å²) < 4.78 is 5.35. The third kappa shape index (κ3) is 2.62. The molecule has 4 nitrogen and oxygen atoms in total. The zero-order valence-electron chi connectivity index (χ0n) is 9.37. The lowest BCUT2D eigenvalue weighted by Gasteiger charge is -2.36. The monoisotopic (exact) mass is 241 g/mol. The minimum absolute atomic E-state index is 0.0935. The van der Waals surface area contributed by atoms with Crippen molar-refractivity contribution in [3.05, 3.63) is 17.8 Å². The van der Waals surface area contributed by atoms with Crippen molar-refractivity contribution < 1.29 is 4.74 Å². The summed E-state index contributed by atoms with van der Waals surface area (Å²) in [6.07, 6.45) is 1.82. The topological polar surface area (TPSA) is 47.0 Å². The average molecular weight is 242 g/mol. The van der Waals surface area contributed by atoms with E-state index in [1.165, 1.54) is 0 Å². The van der Waals surface area contributed by atoms with E-state index in [2.05, 4.69) is 15.5 Å². The molecular formula is C11H16ClN3O. The lowest BCUT2D eigenvalue weighted by molar-refractivity contribution is 0.0666. The number of aryl methyl sites for hydroxylation is 1. The van der Waals surface area contributed by atoms with Gasteiger partial charge in [-0.15, -0.1) is 16.7 Å². The molecule has 0 spiro atoms. The van der Waals surface area contributed by atoms with E-state index in [1.54, 1.807) is 0 Å². The van der Waals surface area contributed by atoms with Crippen molar-refractivity contribution in [1.82, 2.24) is 10.2 Å². The quantitative estimate of drug-likeness (QED) is 0.823. The van der Waals surface area contributed by atoms with Crippen molar-refractivity contribution in [3.63, 3.8) is 0 Å². The van der Waals surface area contributed by atoms with Gasteiger partial charge in [-0.25, -0.2) is 0 Å². The van der Waals surface area contributed by atoms with Gasteiger partial charge in [-0.2, -0.15) is 5.10 Å². The molecule has 1 aliphatic heterocycles. The molecule has 1 aromatic heterocycles. The van der Waals surface area contributed by atoms with Crippen molar-refractivity contribution in [2.75, 3.05) is 24.4 Å². The largest absolute Gasteiger partial charge is 0.381 e. The second-order valence-electron chi connectivity index (χ2n) is 4.21. The maximum absolute atomic E-state index is 6.05. The molecule has 0 aromatic carbocycles. The number of hydrogen-bond acceptors (Lipinski definition) is 4. The Morgan fingerprint density at radius 2 is 2.12 bits per heavy atom. The molecule has 1 aromatic rings. The molecule has 1 fully saturated rings. The van der Waals surface area contributed by atoms with Crippen molar-refractivity contribution in [2.24, 2.45) is 0 Å². The van der Waals surface area contributed by atoms with Gasteiger partial charge >= 0.3 is 0 Å². The Labute approximate surface area is 100 Å². The van der Waals surface area contributed by atoms with Gasteiger partial charge in [0.1, 0.15) is 5.82 Å². The van der Waals surface area contributed by atoms with Gasteiger partial charge in [-0.1, -0.05) is 0 Å². The Balaban J connectivity index is 2.08. The second-order valence-corrected chi connectivity index (χ2v) is 4.48. The van der Waals surface area contributed by atoms with E-state index in [0.29, 0.717) is 5.88 Å². The van der Waals surface area contributed by atoms with Crippen LogP contribution in [-0.2, 0) is 4.74 Å². The Morgan fingerprint density at radius 1 is 1.38 bits per heavy atom. The summed E-state index contributed by atoms with van der Waals surface area (Å²) in [5.74, 6) is 1.35. The molecule has 0 unspecified atom stereocenters. The summed E-state index contributed by atoms with van der Waals surface area (Å²) in [6, 6.07) is 3.88. The number of nitrogens with zero attached hydrogens (tertiary/aromatic N) is 2. The van der Waals surface area contributed by atoms with Gasteiger partial charge in [0.15, 0.2) is 0 Å². The molecule has 0 atom stereocenters. The zero-order chi connectivity index (χ0) is 11.4. The van der Waals surface area contributed by atoms with Crippen LogP contribution in [0.1, 0.15) is 18.5 Å². The highest BCUT2D eigenvalue weighted by Crippen LogP contribution is 2.26. The summed E-state index contributed by atoms with van der Waals surface area (Å²) >= 11 is 6.05. The maximum Gasteiger partial charge on any atom is 0.149 e. The van der Waals surface area contributed by atoms with Crippen molar-refractivity contribution in [1.29, 1.82) is 0 Å². The predicted molar refractivity (Wildman–Crippen MR) is 63.9 cm³/mol. The molecule has 0 saturated carbocycles. The van der Waals surface area contributed by atoms with Crippen LogP contribution in [0.2, 0.25) is 0 Å². The highest BCUT2D eigenvalue weighted by Gasteiger charge is 2.31. The second kappa shape index (κ2) is 4.97. The van der Waals surface area contributed by atoms with Crippen LogP contribution in [0.25, 0.3) is 0 Å². The van der Waals surface area contributed by atoms with Crippen LogP contribution in [0.3, 0.4) is 0 Å². The first-order valence-corrected chi connectivity index (χ1v) is 6.00. The number of halogens is 1.